The third kappa shape index (κ3) is 3.00. The number of aromatic nitrogens is 1. The number of rotatable bonds is 3. The lowest BCUT2D eigenvalue weighted by Gasteiger charge is -2.33. The van der Waals surface area contributed by atoms with Gasteiger partial charge in [-0.3, -0.25) is 4.79 Å². The third-order valence-electron chi connectivity index (χ3n) is 4.06. The number of piperidine rings is 1. The van der Waals surface area contributed by atoms with Gasteiger partial charge in [-0.1, -0.05) is 0 Å². The van der Waals surface area contributed by atoms with E-state index in [0.29, 0.717) is 12.0 Å². The van der Waals surface area contributed by atoms with Gasteiger partial charge < -0.3 is 14.6 Å². The third-order valence-corrected chi connectivity index (χ3v) is 4.06. The summed E-state index contributed by atoms with van der Waals surface area (Å²) in [5.74, 6) is 0.448. The predicted octanol–water partition coefficient (Wildman–Crippen LogP) is 2.30. The molecule has 2 heterocycles. The zero-order valence-corrected chi connectivity index (χ0v) is 12.0. The van der Waals surface area contributed by atoms with E-state index in [-0.39, 0.29) is 12.0 Å². The number of carbonyl (C=O) groups is 1. The lowest BCUT2D eigenvalue weighted by atomic mass is 9.92. The molecule has 1 amide bonds. The van der Waals surface area contributed by atoms with Crippen LogP contribution in [0.3, 0.4) is 0 Å². The Morgan fingerprint density at radius 2 is 1.95 bits per heavy atom. The van der Waals surface area contributed by atoms with Crippen molar-refractivity contribution in [2.75, 3.05) is 13.1 Å². The van der Waals surface area contributed by atoms with Gasteiger partial charge in [0.2, 0.25) is 0 Å². The van der Waals surface area contributed by atoms with Gasteiger partial charge in [-0.25, -0.2) is 0 Å². The molecule has 0 spiro atoms. The van der Waals surface area contributed by atoms with Crippen molar-refractivity contribution >= 4 is 5.91 Å². The van der Waals surface area contributed by atoms with Gasteiger partial charge >= 0.3 is 0 Å². The molecule has 0 bridgehead atoms. The standard InChI is InChI=1S/C15H24N2O2/c1-11(2)17-8-4-5-14(17)15(19)16-9-6-13(7-10-16)12(3)18/h4-5,8,11-13,18H,6-7,9-10H2,1-3H3. The smallest absolute Gasteiger partial charge is 0.270 e. The molecule has 1 aliphatic heterocycles. The van der Waals surface area contributed by atoms with Crippen LogP contribution in [0.4, 0.5) is 0 Å². The molecular formula is C15H24N2O2. The maximum absolute atomic E-state index is 12.5. The van der Waals surface area contributed by atoms with Crippen LogP contribution in [0, 0.1) is 5.92 Å². The van der Waals surface area contributed by atoms with E-state index >= 15 is 0 Å². The number of likely N-dealkylation sites (tertiary alicyclic amines) is 1. The van der Waals surface area contributed by atoms with Crippen LogP contribution >= 0.6 is 0 Å². The molecular weight excluding hydrogens is 240 g/mol. The Labute approximate surface area is 115 Å². The molecule has 1 fully saturated rings. The number of aliphatic hydroxyl groups is 1. The van der Waals surface area contributed by atoms with E-state index in [1.165, 1.54) is 0 Å². The van der Waals surface area contributed by atoms with Crippen molar-refractivity contribution in [1.82, 2.24) is 9.47 Å². The monoisotopic (exact) mass is 264 g/mol. The summed E-state index contributed by atoms with van der Waals surface area (Å²) in [5.41, 5.74) is 0.769. The maximum atomic E-state index is 12.5. The quantitative estimate of drug-likeness (QED) is 0.910. The normalized spacial score (nSPS) is 18.9. The van der Waals surface area contributed by atoms with E-state index in [4.69, 9.17) is 0 Å². The molecule has 2 rings (SSSR count). The van der Waals surface area contributed by atoms with Crippen LogP contribution in [0.1, 0.15) is 50.1 Å². The van der Waals surface area contributed by atoms with E-state index in [9.17, 15) is 9.90 Å². The summed E-state index contributed by atoms with van der Waals surface area (Å²) in [6, 6.07) is 4.11. The largest absolute Gasteiger partial charge is 0.393 e. The molecule has 1 aromatic rings. The summed E-state index contributed by atoms with van der Waals surface area (Å²) in [6.07, 6.45) is 3.48. The first-order valence-electron chi connectivity index (χ1n) is 7.15. The number of amides is 1. The molecule has 1 unspecified atom stereocenters. The Hall–Kier alpha value is -1.29. The Morgan fingerprint density at radius 1 is 1.32 bits per heavy atom. The first-order valence-corrected chi connectivity index (χ1v) is 7.15. The number of carbonyl (C=O) groups excluding carboxylic acids is 1. The molecule has 1 N–H and O–H groups in total. The molecule has 0 radical (unpaired) electrons. The molecule has 0 aliphatic carbocycles. The first-order chi connectivity index (χ1) is 9.00. The fourth-order valence-corrected chi connectivity index (χ4v) is 2.77. The van der Waals surface area contributed by atoms with Crippen LogP contribution in [-0.2, 0) is 0 Å². The molecule has 1 saturated heterocycles. The van der Waals surface area contributed by atoms with Gasteiger partial charge in [0, 0.05) is 25.3 Å². The Morgan fingerprint density at radius 3 is 2.47 bits per heavy atom. The molecule has 4 nitrogen and oxygen atoms in total. The maximum Gasteiger partial charge on any atom is 0.270 e. The molecule has 1 aromatic heterocycles. The average molecular weight is 264 g/mol. The van der Waals surface area contributed by atoms with E-state index in [1.807, 2.05) is 34.7 Å². The molecule has 1 atom stereocenters. The van der Waals surface area contributed by atoms with E-state index in [0.717, 1.165) is 31.6 Å². The van der Waals surface area contributed by atoms with Crippen LogP contribution in [-0.4, -0.2) is 39.7 Å². The summed E-state index contributed by atoms with van der Waals surface area (Å²) in [6.45, 7) is 7.49. The second kappa shape index (κ2) is 5.78. The highest BCUT2D eigenvalue weighted by Gasteiger charge is 2.27. The minimum absolute atomic E-state index is 0.114. The molecule has 4 heteroatoms. The van der Waals surface area contributed by atoms with Gasteiger partial charge in [0.05, 0.1) is 6.10 Å². The zero-order valence-electron chi connectivity index (χ0n) is 12.0. The molecule has 19 heavy (non-hydrogen) atoms. The van der Waals surface area contributed by atoms with Gasteiger partial charge in [-0.05, 0) is 51.7 Å². The van der Waals surface area contributed by atoms with Crippen molar-refractivity contribution in [3.8, 4) is 0 Å². The van der Waals surface area contributed by atoms with E-state index in [2.05, 4.69) is 13.8 Å². The number of hydrogen-bond acceptors (Lipinski definition) is 2. The number of hydrogen-bond donors (Lipinski definition) is 1. The van der Waals surface area contributed by atoms with Gasteiger partial charge in [0.25, 0.3) is 5.91 Å². The van der Waals surface area contributed by atoms with Gasteiger partial charge in [-0.2, -0.15) is 0 Å². The summed E-state index contributed by atoms with van der Waals surface area (Å²) in [4.78, 5) is 14.4. The van der Waals surface area contributed by atoms with Gasteiger partial charge in [0.15, 0.2) is 0 Å². The highest BCUT2D eigenvalue weighted by atomic mass is 16.3. The summed E-state index contributed by atoms with van der Waals surface area (Å²) >= 11 is 0. The Bertz CT molecular complexity index is 429. The van der Waals surface area contributed by atoms with Crippen LogP contribution in [0.25, 0.3) is 0 Å². The van der Waals surface area contributed by atoms with Crippen LogP contribution in [0.5, 0.6) is 0 Å². The van der Waals surface area contributed by atoms with Crippen LogP contribution < -0.4 is 0 Å². The SMILES string of the molecule is CC(O)C1CCN(C(=O)c2cccn2C(C)C)CC1. The van der Waals surface area contributed by atoms with Crippen molar-refractivity contribution in [1.29, 1.82) is 0 Å². The van der Waals surface area contributed by atoms with Crippen LogP contribution in [0.2, 0.25) is 0 Å². The lowest BCUT2D eigenvalue weighted by molar-refractivity contribution is 0.0512. The van der Waals surface area contributed by atoms with Crippen molar-refractivity contribution in [2.24, 2.45) is 5.92 Å². The number of aliphatic hydroxyl groups excluding tert-OH is 1. The minimum atomic E-state index is -0.267. The zero-order chi connectivity index (χ0) is 14.0. The van der Waals surface area contributed by atoms with Crippen molar-refractivity contribution in [2.45, 2.75) is 45.8 Å². The minimum Gasteiger partial charge on any atom is -0.393 e. The summed E-state index contributed by atoms with van der Waals surface area (Å²) in [7, 11) is 0. The van der Waals surface area contributed by atoms with Crippen molar-refractivity contribution < 1.29 is 9.90 Å². The summed E-state index contributed by atoms with van der Waals surface area (Å²) in [5, 5.41) is 9.60. The van der Waals surface area contributed by atoms with Crippen molar-refractivity contribution in [3.05, 3.63) is 24.0 Å². The Balaban J connectivity index is 2.03. The highest BCUT2D eigenvalue weighted by Crippen LogP contribution is 2.22. The second-order valence-electron chi connectivity index (χ2n) is 5.76. The summed E-state index contributed by atoms with van der Waals surface area (Å²) < 4.78 is 2.02. The van der Waals surface area contributed by atoms with Crippen LogP contribution in [0.15, 0.2) is 18.3 Å². The fourth-order valence-electron chi connectivity index (χ4n) is 2.77. The van der Waals surface area contributed by atoms with E-state index in [1.54, 1.807) is 0 Å². The first kappa shape index (κ1) is 14.1. The average Bonchev–Trinajstić information content (AvgIpc) is 2.87. The molecule has 0 saturated carbocycles. The Kier molecular flexibility index (Phi) is 4.30. The topological polar surface area (TPSA) is 45.5 Å². The predicted molar refractivity (Wildman–Crippen MR) is 75.1 cm³/mol. The second-order valence-corrected chi connectivity index (χ2v) is 5.76. The molecule has 0 aromatic carbocycles. The fraction of sp³-hybridized carbons (Fsp3) is 0.667. The highest BCUT2D eigenvalue weighted by molar-refractivity contribution is 5.92. The van der Waals surface area contributed by atoms with Gasteiger partial charge in [0.1, 0.15) is 5.69 Å². The molecule has 1 aliphatic rings. The number of nitrogens with zero attached hydrogens (tertiary/aromatic N) is 2. The lowest BCUT2D eigenvalue weighted by Crippen LogP contribution is -2.41. The van der Waals surface area contributed by atoms with E-state index < -0.39 is 0 Å². The van der Waals surface area contributed by atoms with Gasteiger partial charge in [-0.15, -0.1) is 0 Å². The van der Waals surface area contributed by atoms with Crippen molar-refractivity contribution in [3.63, 3.8) is 0 Å². The molecule has 106 valence electrons.